The first-order chi connectivity index (χ1) is 12.7. The summed E-state index contributed by atoms with van der Waals surface area (Å²) in [7, 11) is 0. The molecule has 0 spiro atoms. The van der Waals surface area contributed by atoms with Crippen LogP contribution in [0.25, 0.3) is 0 Å². The Labute approximate surface area is 157 Å². The first-order valence-electron chi connectivity index (χ1n) is 9.08. The van der Waals surface area contributed by atoms with E-state index in [0.717, 1.165) is 49.4 Å². The van der Waals surface area contributed by atoms with Crippen molar-refractivity contribution in [2.45, 2.75) is 31.8 Å². The molecular weight excluding hydrogens is 352 g/mol. The van der Waals surface area contributed by atoms with Gasteiger partial charge in [0.25, 0.3) is 0 Å². The summed E-state index contributed by atoms with van der Waals surface area (Å²) in [6, 6.07) is 7.89. The molecular formula is C18H23ClN6O. The summed E-state index contributed by atoms with van der Waals surface area (Å²) in [6.45, 7) is 4.46. The molecule has 2 aliphatic rings. The molecule has 1 aliphatic heterocycles. The highest BCUT2D eigenvalue weighted by atomic mass is 35.5. The molecule has 138 valence electrons. The Hall–Kier alpha value is -2.12. The lowest BCUT2D eigenvalue weighted by atomic mass is 10.2. The number of aromatic amines is 1. The molecule has 4 rings (SSSR count). The van der Waals surface area contributed by atoms with Crippen LogP contribution < -0.4 is 5.32 Å². The first-order valence-corrected chi connectivity index (χ1v) is 9.46. The smallest absolute Gasteiger partial charge is 0.317 e. The van der Waals surface area contributed by atoms with E-state index < -0.39 is 0 Å². The van der Waals surface area contributed by atoms with Crippen molar-refractivity contribution in [3.63, 3.8) is 0 Å². The third kappa shape index (κ3) is 4.34. The van der Waals surface area contributed by atoms with E-state index in [4.69, 9.17) is 11.6 Å². The third-order valence-corrected chi connectivity index (χ3v) is 5.13. The number of benzene rings is 1. The molecule has 2 aromatic rings. The lowest BCUT2D eigenvalue weighted by Crippen LogP contribution is -2.51. The van der Waals surface area contributed by atoms with Gasteiger partial charge in [0.15, 0.2) is 5.82 Å². The number of urea groups is 1. The first kappa shape index (κ1) is 17.3. The Kier molecular flexibility index (Phi) is 5.08. The molecule has 1 aliphatic carbocycles. The number of H-pyrrole nitrogens is 1. The van der Waals surface area contributed by atoms with E-state index in [2.05, 4.69) is 37.5 Å². The molecule has 0 radical (unpaired) electrons. The minimum atomic E-state index is -0.0412. The number of carbonyl (C=O) groups is 1. The van der Waals surface area contributed by atoms with Crippen molar-refractivity contribution in [1.29, 1.82) is 0 Å². The standard InChI is InChI=1S/C18H23ClN6O/c19-15-5-1-13(2-6-15)12-24-7-9-25(10-8-24)18(26)20-11-16-21-17(23-22-16)14-3-4-14/h1-2,5-6,14H,3-4,7-12H2,(H,20,26)(H,21,22,23). The highest BCUT2D eigenvalue weighted by Crippen LogP contribution is 2.37. The van der Waals surface area contributed by atoms with Crippen LogP contribution in [0.3, 0.4) is 0 Å². The molecule has 26 heavy (non-hydrogen) atoms. The third-order valence-electron chi connectivity index (χ3n) is 4.88. The number of hydrogen-bond acceptors (Lipinski definition) is 4. The van der Waals surface area contributed by atoms with E-state index in [1.165, 1.54) is 18.4 Å². The molecule has 1 saturated heterocycles. The second-order valence-corrected chi connectivity index (χ2v) is 7.40. The highest BCUT2D eigenvalue weighted by Gasteiger charge is 2.28. The average molecular weight is 375 g/mol. The predicted molar refractivity (Wildman–Crippen MR) is 98.9 cm³/mol. The van der Waals surface area contributed by atoms with Crippen LogP contribution in [-0.2, 0) is 13.1 Å². The maximum Gasteiger partial charge on any atom is 0.317 e. The summed E-state index contributed by atoms with van der Waals surface area (Å²) in [5.74, 6) is 2.12. The van der Waals surface area contributed by atoms with E-state index in [1.54, 1.807) is 0 Å². The van der Waals surface area contributed by atoms with Crippen molar-refractivity contribution in [1.82, 2.24) is 30.3 Å². The van der Waals surface area contributed by atoms with Crippen molar-refractivity contribution in [2.24, 2.45) is 0 Å². The fourth-order valence-electron chi connectivity index (χ4n) is 3.14. The van der Waals surface area contributed by atoms with Gasteiger partial charge in [-0.25, -0.2) is 9.78 Å². The zero-order valence-corrected chi connectivity index (χ0v) is 15.4. The van der Waals surface area contributed by atoms with Crippen LogP contribution in [0.1, 0.15) is 36.0 Å². The maximum absolute atomic E-state index is 12.3. The molecule has 1 saturated carbocycles. The van der Waals surface area contributed by atoms with Crippen molar-refractivity contribution in [2.75, 3.05) is 26.2 Å². The largest absolute Gasteiger partial charge is 0.331 e. The van der Waals surface area contributed by atoms with Crippen molar-refractivity contribution in [3.05, 3.63) is 46.5 Å². The van der Waals surface area contributed by atoms with E-state index in [9.17, 15) is 4.79 Å². The molecule has 2 heterocycles. The summed E-state index contributed by atoms with van der Waals surface area (Å²) >= 11 is 5.93. The maximum atomic E-state index is 12.3. The summed E-state index contributed by atoms with van der Waals surface area (Å²) < 4.78 is 0. The molecule has 7 nitrogen and oxygen atoms in total. The summed E-state index contributed by atoms with van der Waals surface area (Å²) in [4.78, 5) is 21.0. The van der Waals surface area contributed by atoms with Gasteiger partial charge in [-0.1, -0.05) is 23.7 Å². The fraction of sp³-hybridized carbons (Fsp3) is 0.500. The van der Waals surface area contributed by atoms with E-state index in [-0.39, 0.29) is 6.03 Å². The lowest BCUT2D eigenvalue weighted by molar-refractivity contribution is 0.135. The van der Waals surface area contributed by atoms with E-state index >= 15 is 0 Å². The second kappa shape index (κ2) is 7.63. The van der Waals surface area contributed by atoms with Gasteiger partial charge < -0.3 is 10.2 Å². The molecule has 8 heteroatoms. The average Bonchev–Trinajstić information content (AvgIpc) is 3.40. The van der Waals surface area contributed by atoms with Gasteiger partial charge in [-0.05, 0) is 30.5 Å². The van der Waals surface area contributed by atoms with Gasteiger partial charge in [-0.3, -0.25) is 10.00 Å². The number of piperazine rings is 1. The minimum Gasteiger partial charge on any atom is -0.331 e. The van der Waals surface area contributed by atoms with Crippen LogP contribution in [-0.4, -0.2) is 57.2 Å². The van der Waals surface area contributed by atoms with Crippen LogP contribution in [0.15, 0.2) is 24.3 Å². The minimum absolute atomic E-state index is 0.0412. The Morgan fingerprint density at radius 2 is 1.92 bits per heavy atom. The SMILES string of the molecule is O=C(NCc1nc(C2CC2)n[nH]1)N1CCN(Cc2ccc(Cl)cc2)CC1. The Morgan fingerprint density at radius 3 is 2.62 bits per heavy atom. The molecule has 1 aromatic carbocycles. The number of halogens is 1. The second-order valence-electron chi connectivity index (χ2n) is 6.96. The number of amides is 2. The van der Waals surface area contributed by atoms with Crippen LogP contribution in [0.5, 0.6) is 0 Å². The molecule has 0 bridgehead atoms. The van der Waals surface area contributed by atoms with Gasteiger partial charge in [0.1, 0.15) is 5.82 Å². The Balaban J connectivity index is 1.20. The number of carbonyl (C=O) groups excluding carboxylic acids is 1. The molecule has 2 N–H and O–H groups in total. The predicted octanol–water partition coefficient (Wildman–Crippen LogP) is 2.36. The van der Waals surface area contributed by atoms with Crippen LogP contribution in [0.2, 0.25) is 5.02 Å². The zero-order chi connectivity index (χ0) is 17.9. The van der Waals surface area contributed by atoms with E-state index in [1.807, 2.05) is 17.0 Å². The van der Waals surface area contributed by atoms with Gasteiger partial charge in [0, 0.05) is 43.7 Å². The number of hydrogen-bond donors (Lipinski definition) is 2. The van der Waals surface area contributed by atoms with Gasteiger partial charge in [0.2, 0.25) is 0 Å². The summed E-state index contributed by atoms with van der Waals surface area (Å²) in [5.41, 5.74) is 1.24. The number of nitrogens with zero attached hydrogens (tertiary/aromatic N) is 4. The normalized spacial score (nSPS) is 18.1. The van der Waals surface area contributed by atoms with Crippen LogP contribution >= 0.6 is 11.6 Å². The lowest BCUT2D eigenvalue weighted by Gasteiger charge is -2.34. The Morgan fingerprint density at radius 1 is 1.19 bits per heavy atom. The number of aromatic nitrogens is 3. The molecule has 0 atom stereocenters. The molecule has 0 unspecified atom stereocenters. The topological polar surface area (TPSA) is 77.1 Å². The van der Waals surface area contributed by atoms with Crippen molar-refractivity contribution >= 4 is 17.6 Å². The summed E-state index contributed by atoms with van der Waals surface area (Å²) in [6.07, 6.45) is 2.34. The van der Waals surface area contributed by atoms with Gasteiger partial charge in [-0.15, -0.1) is 0 Å². The molecule has 1 aromatic heterocycles. The highest BCUT2D eigenvalue weighted by molar-refractivity contribution is 6.30. The van der Waals surface area contributed by atoms with Crippen molar-refractivity contribution in [3.8, 4) is 0 Å². The Bertz CT molecular complexity index is 749. The van der Waals surface area contributed by atoms with E-state index in [0.29, 0.717) is 12.5 Å². The fourth-order valence-corrected chi connectivity index (χ4v) is 3.27. The molecule has 2 amide bonds. The quantitative estimate of drug-likeness (QED) is 0.842. The summed E-state index contributed by atoms with van der Waals surface area (Å²) in [5, 5.41) is 10.8. The zero-order valence-electron chi connectivity index (χ0n) is 14.6. The van der Waals surface area contributed by atoms with Gasteiger partial charge in [-0.2, -0.15) is 5.10 Å². The van der Waals surface area contributed by atoms with Crippen LogP contribution in [0, 0.1) is 0 Å². The van der Waals surface area contributed by atoms with Crippen LogP contribution in [0.4, 0.5) is 4.79 Å². The number of rotatable bonds is 5. The van der Waals surface area contributed by atoms with Gasteiger partial charge in [0.05, 0.1) is 6.54 Å². The van der Waals surface area contributed by atoms with Gasteiger partial charge >= 0.3 is 6.03 Å². The monoisotopic (exact) mass is 374 g/mol. The molecule has 2 fully saturated rings. The number of nitrogens with one attached hydrogen (secondary N) is 2. The van der Waals surface area contributed by atoms with Crippen molar-refractivity contribution < 1.29 is 4.79 Å².